The van der Waals surface area contributed by atoms with E-state index in [9.17, 15) is 5.11 Å². The maximum absolute atomic E-state index is 10.1. The molecule has 6 heteroatoms. The van der Waals surface area contributed by atoms with Crippen LogP contribution in [0.2, 0.25) is 5.02 Å². The van der Waals surface area contributed by atoms with Crippen molar-refractivity contribution in [3.05, 3.63) is 35.5 Å². The van der Waals surface area contributed by atoms with Crippen molar-refractivity contribution in [1.82, 2.24) is 15.0 Å². The van der Waals surface area contributed by atoms with Gasteiger partial charge in [0.05, 0.1) is 23.2 Å². The third-order valence-corrected chi connectivity index (χ3v) is 2.98. The van der Waals surface area contributed by atoms with Crippen molar-refractivity contribution in [2.24, 2.45) is 0 Å². The van der Waals surface area contributed by atoms with Crippen LogP contribution in [0.4, 0.5) is 0 Å². The summed E-state index contributed by atoms with van der Waals surface area (Å²) in [5.41, 5.74) is 1.81. The number of halogens is 1. The van der Waals surface area contributed by atoms with Crippen molar-refractivity contribution in [3.63, 3.8) is 0 Å². The number of hydrogen-bond acceptors (Lipinski definition) is 4. The number of phenols is 1. The van der Waals surface area contributed by atoms with Gasteiger partial charge in [0.25, 0.3) is 0 Å². The summed E-state index contributed by atoms with van der Waals surface area (Å²) in [4.78, 5) is 11.5. The van der Waals surface area contributed by atoms with Gasteiger partial charge in [0.2, 0.25) is 0 Å². The van der Waals surface area contributed by atoms with Crippen molar-refractivity contribution in [2.45, 2.75) is 0 Å². The molecule has 0 amide bonds. The van der Waals surface area contributed by atoms with Crippen LogP contribution in [-0.2, 0) is 0 Å². The van der Waals surface area contributed by atoms with E-state index in [1.807, 2.05) is 0 Å². The van der Waals surface area contributed by atoms with Gasteiger partial charge in [-0.2, -0.15) is 0 Å². The molecule has 2 heterocycles. The first-order chi connectivity index (χ1) is 9.19. The summed E-state index contributed by atoms with van der Waals surface area (Å²) in [6.45, 7) is 0. The van der Waals surface area contributed by atoms with Crippen molar-refractivity contribution >= 4 is 22.8 Å². The Bertz CT molecular complexity index is 755. The topological polar surface area (TPSA) is 71.0 Å². The lowest BCUT2D eigenvalue weighted by molar-refractivity contribution is 0.374. The number of phenolic OH excluding ortho intramolecular Hbond substituents is 1. The Labute approximate surface area is 113 Å². The zero-order valence-electron chi connectivity index (χ0n) is 10.0. The second-order valence-corrected chi connectivity index (χ2v) is 4.40. The summed E-state index contributed by atoms with van der Waals surface area (Å²) in [6.07, 6.45) is 1.53. The molecule has 0 unspecified atom stereocenters. The minimum atomic E-state index is 0.0372. The molecule has 0 aliphatic rings. The predicted octanol–water partition coefficient (Wildman–Crippen LogP) is 2.99. The molecule has 5 nitrogen and oxygen atoms in total. The molecule has 0 spiro atoms. The summed E-state index contributed by atoms with van der Waals surface area (Å²) in [7, 11) is 1.50. The highest BCUT2D eigenvalue weighted by atomic mass is 35.5. The van der Waals surface area contributed by atoms with Crippen LogP contribution in [0.1, 0.15) is 0 Å². The third-order valence-electron chi connectivity index (χ3n) is 2.78. The quantitative estimate of drug-likeness (QED) is 0.754. The number of aromatic amines is 1. The standard InChI is InChI=1S/C13H10ClN3O2/c1-19-10-4-2-3-8(11(10)18)12-16-9-5-7(14)6-15-13(9)17-12/h2-6,18H,1H3,(H,15,16,17). The number of nitrogens with zero attached hydrogens (tertiary/aromatic N) is 2. The van der Waals surface area contributed by atoms with Gasteiger partial charge >= 0.3 is 0 Å². The molecule has 0 fully saturated rings. The Kier molecular flexibility index (Phi) is 2.76. The smallest absolute Gasteiger partial charge is 0.178 e. The number of aromatic hydroxyl groups is 1. The van der Waals surface area contributed by atoms with E-state index < -0.39 is 0 Å². The summed E-state index contributed by atoms with van der Waals surface area (Å²) in [6, 6.07) is 6.94. The first kappa shape index (κ1) is 11.8. The molecule has 96 valence electrons. The highest BCUT2D eigenvalue weighted by molar-refractivity contribution is 6.31. The number of benzene rings is 1. The Morgan fingerprint density at radius 1 is 1.37 bits per heavy atom. The lowest BCUT2D eigenvalue weighted by Crippen LogP contribution is -1.87. The average molecular weight is 276 g/mol. The van der Waals surface area contributed by atoms with Crippen LogP contribution in [0.5, 0.6) is 11.5 Å². The first-order valence-electron chi connectivity index (χ1n) is 5.56. The van der Waals surface area contributed by atoms with Gasteiger partial charge in [-0.3, -0.25) is 0 Å². The Morgan fingerprint density at radius 2 is 2.21 bits per heavy atom. The Balaban J connectivity index is 2.19. The van der Waals surface area contributed by atoms with Crippen LogP contribution >= 0.6 is 11.6 Å². The minimum absolute atomic E-state index is 0.0372. The van der Waals surface area contributed by atoms with Gasteiger partial charge in [-0.1, -0.05) is 17.7 Å². The molecule has 3 aromatic rings. The number of H-pyrrole nitrogens is 1. The van der Waals surface area contributed by atoms with Crippen LogP contribution in [0.3, 0.4) is 0 Å². The number of methoxy groups -OCH3 is 1. The van der Waals surface area contributed by atoms with Crippen molar-refractivity contribution in [2.75, 3.05) is 7.11 Å². The van der Waals surface area contributed by atoms with E-state index in [2.05, 4.69) is 15.0 Å². The van der Waals surface area contributed by atoms with E-state index in [-0.39, 0.29) is 5.75 Å². The second-order valence-electron chi connectivity index (χ2n) is 3.97. The zero-order chi connectivity index (χ0) is 13.4. The predicted molar refractivity (Wildman–Crippen MR) is 72.6 cm³/mol. The fourth-order valence-corrected chi connectivity index (χ4v) is 2.04. The maximum atomic E-state index is 10.1. The van der Waals surface area contributed by atoms with E-state index in [0.717, 1.165) is 0 Å². The van der Waals surface area contributed by atoms with Gasteiger partial charge in [0, 0.05) is 6.20 Å². The monoisotopic (exact) mass is 275 g/mol. The van der Waals surface area contributed by atoms with Crippen molar-refractivity contribution in [3.8, 4) is 22.9 Å². The van der Waals surface area contributed by atoms with E-state index in [1.165, 1.54) is 13.3 Å². The SMILES string of the molecule is COc1cccc(-c2nc3ncc(Cl)cc3[nH]2)c1O. The van der Waals surface area contributed by atoms with Gasteiger partial charge in [-0.15, -0.1) is 0 Å². The van der Waals surface area contributed by atoms with E-state index >= 15 is 0 Å². The van der Waals surface area contributed by atoms with E-state index in [0.29, 0.717) is 33.3 Å². The molecule has 0 saturated carbocycles. The molecular formula is C13H10ClN3O2. The first-order valence-corrected chi connectivity index (χ1v) is 5.94. The van der Waals surface area contributed by atoms with Crippen LogP contribution in [0.25, 0.3) is 22.6 Å². The molecular weight excluding hydrogens is 266 g/mol. The summed E-state index contributed by atoms with van der Waals surface area (Å²) in [5.74, 6) is 0.945. The molecule has 0 saturated heterocycles. The number of ether oxygens (including phenoxy) is 1. The number of imidazole rings is 1. The molecule has 1 aromatic carbocycles. The third kappa shape index (κ3) is 1.98. The number of para-hydroxylation sites is 1. The van der Waals surface area contributed by atoms with Gasteiger partial charge in [-0.25, -0.2) is 9.97 Å². The van der Waals surface area contributed by atoms with Gasteiger partial charge in [0.15, 0.2) is 17.1 Å². The molecule has 0 bridgehead atoms. The zero-order valence-corrected chi connectivity index (χ0v) is 10.8. The number of pyridine rings is 1. The molecule has 0 aliphatic heterocycles. The van der Waals surface area contributed by atoms with Crippen LogP contribution in [0.15, 0.2) is 30.5 Å². The van der Waals surface area contributed by atoms with Crippen molar-refractivity contribution in [1.29, 1.82) is 0 Å². The van der Waals surface area contributed by atoms with Gasteiger partial charge < -0.3 is 14.8 Å². The van der Waals surface area contributed by atoms with Gasteiger partial charge in [-0.05, 0) is 18.2 Å². The highest BCUT2D eigenvalue weighted by Crippen LogP contribution is 2.35. The van der Waals surface area contributed by atoms with Crippen molar-refractivity contribution < 1.29 is 9.84 Å². The molecule has 3 rings (SSSR count). The molecule has 0 radical (unpaired) electrons. The second kappa shape index (κ2) is 4.44. The van der Waals surface area contributed by atoms with E-state index in [1.54, 1.807) is 24.3 Å². The molecule has 2 aromatic heterocycles. The van der Waals surface area contributed by atoms with Crippen LogP contribution in [0, 0.1) is 0 Å². The summed E-state index contributed by atoms with van der Waals surface area (Å²) >= 11 is 5.87. The molecule has 2 N–H and O–H groups in total. The molecule has 19 heavy (non-hydrogen) atoms. The fraction of sp³-hybridized carbons (Fsp3) is 0.0769. The number of nitrogens with one attached hydrogen (secondary N) is 1. The lowest BCUT2D eigenvalue weighted by Gasteiger charge is -2.06. The normalized spacial score (nSPS) is 10.8. The maximum Gasteiger partial charge on any atom is 0.178 e. The largest absolute Gasteiger partial charge is 0.504 e. The number of rotatable bonds is 2. The fourth-order valence-electron chi connectivity index (χ4n) is 1.88. The van der Waals surface area contributed by atoms with E-state index in [4.69, 9.17) is 16.3 Å². The molecule has 0 atom stereocenters. The summed E-state index contributed by atoms with van der Waals surface area (Å²) in [5, 5.41) is 10.6. The minimum Gasteiger partial charge on any atom is -0.504 e. The number of fused-ring (bicyclic) bond motifs is 1. The molecule has 0 aliphatic carbocycles. The Morgan fingerprint density at radius 3 is 3.00 bits per heavy atom. The lowest BCUT2D eigenvalue weighted by atomic mass is 10.2. The summed E-state index contributed by atoms with van der Waals surface area (Å²) < 4.78 is 5.07. The Hall–Kier alpha value is -2.27. The average Bonchev–Trinajstić information content (AvgIpc) is 2.81. The van der Waals surface area contributed by atoms with Gasteiger partial charge in [0.1, 0.15) is 5.82 Å². The highest BCUT2D eigenvalue weighted by Gasteiger charge is 2.13. The number of aromatic nitrogens is 3. The van der Waals surface area contributed by atoms with Crippen LogP contribution in [-0.4, -0.2) is 27.2 Å². The number of hydrogen-bond donors (Lipinski definition) is 2. The van der Waals surface area contributed by atoms with Crippen LogP contribution < -0.4 is 4.74 Å².